The van der Waals surface area contributed by atoms with Crippen molar-refractivity contribution >= 4 is 17.4 Å². The van der Waals surface area contributed by atoms with Crippen molar-refractivity contribution in [2.75, 3.05) is 0 Å². The summed E-state index contributed by atoms with van der Waals surface area (Å²) in [6.07, 6.45) is 0. The van der Waals surface area contributed by atoms with Crippen LogP contribution in [0.5, 0.6) is 0 Å². The van der Waals surface area contributed by atoms with E-state index in [2.05, 4.69) is 0 Å². The van der Waals surface area contributed by atoms with Gasteiger partial charge in [0.15, 0.2) is 17.4 Å². The maximum absolute atomic E-state index is 8.42. The maximum atomic E-state index is 8.42. The third-order valence-electron chi connectivity index (χ3n) is 0. The van der Waals surface area contributed by atoms with Crippen LogP contribution < -0.4 is 0 Å². The van der Waals surface area contributed by atoms with Gasteiger partial charge in [-0.3, -0.25) is 0 Å². The Bertz CT molecular complexity index is 8.00. The third-order valence-corrected chi connectivity index (χ3v) is 0. The van der Waals surface area contributed by atoms with Gasteiger partial charge in [-0.15, -0.1) is 0 Å². The standard InChI is InChI=1S/Al.La.Ni.O.3H. The number of rotatable bonds is 0. The van der Waals surface area contributed by atoms with Gasteiger partial charge in [0.1, 0.15) is 0 Å². The van der Waals surface area contributed by atoms with E-state index < -0.39 is 0 Å². The molecular weight excluding hydrogens is 241 g/mol. The van der Waals surface area contributed by atoms with E-state index in [1.165, 1.54) is 0 Å². The molecule has 1 nitrogen and oxygen atoms in total. The Hall–Kier alpha value is 2.02. The van der Waals surface area contributed by atoms with Gasteiger partial charge >= 0.3 is 35.5 Å². The Morgan fingerprint density at radius 3 is 1.25 bits per heavy atom. The van der Waals surface area contributed by atoms with E-state index in [4.69, 9.17) is 1.70 Å². The fourth-order valence-corrected chi connectivity index (χ4v) is 0. The van der Waals surface area contributed by atoms with E-state index in [0.717, 1.165) is 0 Å². The molecule has 0 N–H and O–H groups in total. The van der Waals surface area contributed by atoms with Crippen molar-refractivity contribution in [2.24, 2.45) is 0 Å². The van der Waals surface area contributed by atoms with Gasteiger partial charge in [0.05, 0.1) is 0 Å². The van der Waals surface area contributed by atoms with E-state index >= 15 is 0 Å². The van der Waals surface area contributed by atoms with Crippen molar-refractivity contribution < 1.29 is 52.0 Å². The fourth-order valence-electron chi connectivity index (χ4n) is 0. The quantitative estimate of drug-likeness (QED) is 0.483. The Labute approximate surface area is 68.3 Å². The minimum atomic E-state index is -0.0833. The third kappa shape index (κ3) is 8.98. The summed E-state index contributed by atoms with van der Waals surface area (Å²) in [5.74, 6) is 0. The van der Waals surface area contributed by atoms with E-state index in [1.54, 1.807) is 0 Å². The predicted molar refractivity (Wildman–Crippen MR) is 10.6 cm³/mol. The molecule has 0 saturated carbocycles. The van der Waals surface area contributed by atoms with Crippen LogP contribution >= 0.6 is 0 Å². The van der Waals surface area contributed by atoms with Crippen LogP contribution in [0.3, 0.4) is 0 Å². The summed E-state index contributed by atoms with van der Waals surface area (Å²) < 4.78 is 8.42. The average Bonchev–Trinajstić information content (AvgIpc) is 1.00. The van der Waals surface area contributed by atoms with Crippen molar-refractivity contribution in [3.63, 3.8) is 0 Å². The first-order valence-corrected chi connectivity index (χ1v) is 1.72. The van der Waals surface area contributed by atoms with Gasteiger partial charge in [-0.25, -0.2) is 0 Å². The normalized spacial score (nSPS) is 1.50. The molecule has 0 aromatic heterocycles. The Kier molecular flexibility index (Phi) is 82.7. The summed E-state index contributed by atoms with van der Waals surface area (Å²) in [7, 11) is 0. The molecule has 0 aliphatic carbocycles. The molecule has 4 heteroatoms. The van der Waals surface area contributed by atoms with E-state index in [-0.39, 0.29) is 67.7 Å². The van der Waals surface area contributed by atoms with E-state index in [1.807, 2.05) is 0 Å². The zero-order chi connectivity index (χ0) is 2.00. The minimum absolute atomic E-state index is 0. The molecule has 0 atom stereocenters. The number of hydrogen-bond donors (Lipinski definition) is 0. The van der Waals surface area contributed by atoms with Crippen LogP contribution in [0.4, 0.5) is 0 Å². The van der Waals surface area contributed by atoms with Crippen molar-refractivity contribution in [3.05, 3.63) is 0 Å². The molecule has 0 rings (SSSR count). The Balaban J connectivity index is -0.00000000500. The molecule has 0 aliphatic heterocycles. The van der Waals surface area contributed by atoms with Gasteiger partial charge in [-0.1, -0.05) is 0 Å². The summed E-state index contributed by atoms with van der Waals surface area (Å²) in [6.45, 7) is 0. The number of hydrogen-bond acceptors (Lipinski definition) is 1. The molecule has 0 unspecified atom stereocenters. The zero-order valence-corrected chi connectivity index (χ0v) is 5.92. The van der Waals surface area contributed by atoms with Crippen LogP contribution in [0.2, 0.25) is 0 Å². The first-order valence-electron chi connectivity index (χ1n) is 0.236. The molecule has 0 heterocycles. The van der Waals surface area contributed by atoms with E-state index in [9.17, 15) is 0 Å². The summed E-state index contributed by atoms with van der Waals surface area (Å²) in [5, 5.41) is 0. The van der Waals surface area contributed by atoms with Crippen molar-refractivity contribution in [1.29, 1.82) is 0 Å². The van der Waals surface area contributed by atoms with Gasteiger partial charge in [0, 0.05) is 16.5 Å². The first-order chi connectivity index (χ1) is 1.00. The average molecular weight is 244 g/mol. The summed E-state index contributed by atoms with van der Waals surface area (Å²) >= 11 is -0.0833. The van der Waals surface area contributed by atoms with Crippen molar-refractivity contribution in [2.45, 2.75) is 0 Å². The molecule has 0 aliphatic rings. The molecule has 0 bridgehead atoms. The Morgan fingerprint density at radius 2 is 1.25 bits per heavy atom. The van der Waals surface area contributed by atoms with Crippen LogP contribution in [0.15, 0.2) is 0 Å². The van der Waals surface area contributed by atoms with E-state index in [0.29, 0.717) is 0 Å². The van der Waals surface area contributed by atoms with Crippen molar-refractivity contribution in [1.82, 2.24) is 0 Å². The van der Waals surface area contributed by atoms with Gasteiger partial charge in [0.25, 0.3) is 0 Å². The SMILES string of the molecule is [AlH3].[Ni].[O]=[La]. The first kappa shape index (κ1) is 16.6. The topological polar surface area (TPSA) is 17.1 Å². The Morgan fingerprint density at radius 1 is 1.25 bits per heavy atom. The van der Waals surface area contributed by atoms with Gasteiger partial charge in [-0.05, 0) is 0 Å². The summed E-state index contributed by atoms with van der Waals surface area (Å²) in [4.78, 5) is 0. The predicted octanol–water partition coefficient (Wildman–Crippen LogP) is -1.31. The molecular formula is H3AlLaNiO. The second-order valence-corrected chi connectivity index (χ2v) is 0. The van der Waals surface area contributed by atoms with Gasteiger partial charge in [-0.2, -0.15) is 0 Å². The molecule has 0 saturated heterocycles. The molecule has 4 heavy (non-hydrogen) atoms. The molecule has 25 valence electrons. The monoisotopic (exact) mass is 243 g/mol. The summed E-state index contributed by atoms with van der Waals surface area (Å²) in [5.41, 5.74) is 0. The van der Waals surface area contributed by atoms with Crippen LogP contribution in [0.1, 0.15) is 0 Å². The van der Waals surface area contributed by atoms with Crippen LogP contribution in [0.25, 0.3) is 0 Å². The van der Waals surface area contributed by atoms with Crippen LogP contribution in [0, 0.1) is 33.8 Å². The van der Waals surface area contributed by atoms with Crippen LogP contribution in [-0.4, -0.2) is 17.4 Å². The fraction of sp³-hybridized carbons (Fsp3) is 0. The molecule has 0 radical (unpaired) electrons. The van der Waals surface area contributed by atoms with Crippen molar-refractivity contribution in [3.8, 4) is 0 Å². The van der Waals surface area contributed by atoms with Gasteiger partial charge < -0.3 is 0 Å². The summed E-state index contributed by atoms with van der Waals surface area (Å²) in [6, 6.07) is 0. The molecule has 0 spiro atoms. The molecule has 0 aromatic carbocycles. The zero-order valence-electron chi connectivity index (χ0n) is 1.30. The van der Waals surface area contributed by atoms with Crippen LogP contribution in [-0.2, 0) is 18.2 Å². The molecule has 0 fully saturated rings. The second-order valence-electron chi connectivity index (χ2n) is 0. The second kappa shape index (κ2) is 19.9. The molecule has 0 aromatic rings. The van der Waals surface area contributed by atoms with Gasteiger partial charge in [0.2, 0.25) is 0 Å². The molecule has 0 amide bonds.